The van der Waals surface area contributed by atoms with Gasteiger partial charge in [-0.05, 0) is 25.8 Å². The molecule has 0 aliphatic carbocycles. The lowest BCUT2D eigenvalue weighted by atomic mass is 9.77. The topological polar surface area (TPSA) is 34.1 Å². The first-order valence-electron chi connectivity index (χ1n) is 6.43. The minimum atomic E-state index is -0.458. The standard InChI is InChI=1S/C15H24O2S/c1-5-8-10-15(11-9-6-2,14(17)7-3)12-18-13(4)16/h5,7-8H,3,6,9-12H2,1-2,4H3. The molecule has 0 aromatic rings. The van der Waals surface area contributed by atoms with Gasteiger partial charge in [-0.25, -0.2) is 0 Å². The third-order valence-electron chi connectivity index (χ3n) is 3.01. The quantitative estimate of drug-likeness (QED) is 0.465. The maximum absolute atomic E-state index is 12.2. The molecule has 0 radical (unpaired) electrons. The fourth-order valence-electron chi connectivity index (χ4n) is 1.84. The lowest BCUT2D eigenvalue weighted by Crippen LogP contribution is -2.32. The molecule has 1 unspecified atom stereocenters. The van der Waals surface area contributed by atoms with Gasteiger partial charge in [-0.3, -0.25) is 9.59 Å². The molecule has 0 aliphatic rings. The van der Waals surface area contributed by atoms with Gasteiger partial charge in [0.25, 0.3) is 0 Å². The molecule has 1 atom stereocenters. The van der Waals surface area contributed by atoms with E-state index >= 15 is 0 Å². The summed E-state index contributed by atoms with van der Waals surface area (Å²) in [7, 11) is 0. The molecular formula is C15H24O2S. The van der Waals surface area contributed by atoms with Crippen LogP contribution in [0.25, 0.3) is 0 Å². The highest BCUT2D eigenvalue weighted by molar-refractivity contribution is 8.13. The zero-order chi connectivity index (χ0) is 14.0. The Hall–Kier alpha value is -0.830. The van der Waals surface area contributed by atoms with Gasteiger partial charge in [-0.2, -0.15) is 0 Å². The molecule has 102 valence electrons. The molecular weight excluding hydrogens is 244 g/mol. The first kappa shape index (κ1) is 17.2. The zero-order valence-corrected chi connectivity index (χ0v) is 12.5. The predicted octanol–water partition coefficient (Wildman–Crippen LogP) is 4.16. The monoisotopic (exact) mass is 268 g/mol. The first-order valence-corrected chi connectivity index (χ1v) is 7.42. The Bertz CT molecular complexity index is 320. The summed E-state index contributed by atoms with van der Waals surface area (Å²) in [5, 5.41) is 0.0632. The van der Waals surface area contributed by atoms with E-state index in [1.165, 1.54) is 17.8 Å². The molecule has 0 heterocycles. The Morgan fingerprint density at radius 1 is 1.39 bits per heavy atom. The Balaban J connectivity index is 5.02. The molecule has 0 aromatic carbocycles. The van der Waals surface area contributed by atoms with Crippen LogP contribution in [-0.4, -0.2) is 16.7 Å². The minimum Gasteiger partial charge on any atom is -0.294 e. The first-order chi connectivity index (χ1) is 8.52. The molecule has 0 saturated carbocycles. The Morgan fingerprint density at radius 3 is 2.50 bits per heavy atom. The maximum Gasteiger partial charge on any atom is 0.185 e. The van der Waals surface area contributed by atoms with Crippen molar-refractivity contribution in [2.24, 2.45) is 5.41 Å². The molecule has 0 amide bonds. The van der Waals surface area contributed by atoms with Crippen LogP contribution in [0.15, 0.2) is 24.8 Å². The second-order valence-corrected chi connectivity index (χ2v) is 5.66. The fraction of sp³-hybridized carbons (Fsp3) is 0.600. The number of unbranched alkanes of at least 4 members (excludes halogenated alkanes) is 1. The Labute approximate surface area is 115 Å². The van der Waals surface area contributed by atoms with E-state index in [0.717, 1.165) is 19.3 Å². The van der Waals surface area contributed by atoms with Gasteiger partial charge in [0, 0.05) is 18.1 Å². The highest BCUT2D eigenvalue weighted by Gasteiger charge is 2.35. The molecule has 0 rings (SSSR count). The lowest BCUT2D eigenvalue weighted by molar-refractivity contribution is -0.123. The third kappa shape index (κ3) is 5.67. The van der Waals surface area contributed by atoms with Crippen molar-refractivity contribution in [1.82, 2.24) is 0 Å². The van der Waals surface area contributed by atoms with Crippen LogP contribution in [0.2, 0.25) is 0 Å². The van der Waals surface area contributed by atoms with Gasteiger partial charge in [0.05, 0.1) is 0 Å². The normalized spacial score (nSPS) is 14.4. The number of thioether (sulfide) groups is 1. The molecule has 0 aromatic heterocycles. The number of hydrogen-bond donors (Lipinski definition) is 0. The molecule has 0 fully saturated rings. The van der Waals surface area contributed by atoms with E-state index in [1.54, 1.807) is 6.92 Å². The van der Waals surface area contributed by atoms with Gasteiger partial charge in [0.1, 0.15) is 0 Å². The van der Waals surface area contributed by atoms with Crippen molar-refractivity contribution in [2.45, 2.75) is 46.5 Å². The minimum absolute atomic E-state index is 0.0581. The van der Waals surface area contributed by atoms with Crippen LogP contribution >= 0.6 is 11.8 Å². The van der Waals surface area contributed by atoms with Crippen LogP contribution in [0.5, 0.6) is 0 Å². The average Bonchev–Trinajstić information content (AvgIpc) is 2.37. The summed E-state index contributed by atoms with van der Waals surface area (Å²) in [4.78, 5) is 23.3. The van der Waals surface area contributed by atoms with Crippen LogP contribution in [0.3, 0.4) is 0 Å². The third-order valence-corrected chi connectivity index (χ3v) is 4.12. The molecule has 0 spiro atoms. The molecule has 3 heteroatoms. The summed E-state index contributed by atoms with van der Waals surface area (Å²) in [6.07, 6.45) is 8.92. The zero-order valence-electron chi connectivity index (χ0n) is 11.7. The molecule has 0 N–H and O–H groups in total. The van der Waals surface area contributed by atoms with E-state index in [1.807, 2.05) is 19.1 Å². The van der Waals surface area contributed by atoms with E-state index in [4.69, 9.17) is 0 Å². The van der Waals surface area contributed by atoms with Crippen LogP contribution in [0.4, 0.5) is 0 Å². The van der Waals surface area contributed by atoms with Crippen molar-refractivity contribution in [3.8, 4) is 0 Å². The Kier molecular flexibility index (Phi) is 8.73. The van der Waals surface area contributed by atoms with Crippen molar-refractivity contribution in [3.63, 3.8) is 0 Å². The molecule has 2 nitrogen and oxygen atoms in total. The molecule has 0 saturated heterocycles. The average molecular weight is 268 g/mol. The predicted molar refractivity (Wildman–Crippen MR) is 79.7 cm³/mol. The van der Waals surface area contributed by atoms with Crippen molar-refractivity contribution in [2.75, 3.05) is 5.75 Å². The van der Waals surface area contributed by atoms with Crippen LogP contribution in [0.1, 0.15) is 46.5 Å². The maximum atomic E-state index is 12.2. The summed E-state index contributed by atoms with van der Waals surface area (Å²) in [6, 6.07) is 0. The van der Waals surface area contributed by atoms with E-state index in [2.05, 4.69) is 13.5 Å². The van der Waals surface area contributed by atoms with Gasteiger partial charge in [0.2, 0.25) is 0 Å². The van der Waals surface area contributed by atoms with E-state index in [9.17, 15) is 9.59 Å². The summed E-state index contributed by atoms with van der Waals surface area (Å²) in [5.41, 5.74) is -0.458. The summed E-state index contributed by atoms with van der Waals surface area (Å²) in [5.74, 6) is 0.611. The summed E-state index contributed by atoms with van der Waals surface area (Å²) in [6.45, 7) is 9.20. The number of hydrogen-bond acceptors (Lipinski definition) is 3. The van der Waals surface area contributed by atoms with Crippen molar-refractivity contribution >= 4 is 22.7 Å². The highest BCUT2D eigenvalue weighted by atomic mass is 32.2. The second kappa shape index (κ2) is 9.15. The molecule has 0 aliphatic heterocycles. The second-order valence-electron chi connectivity index (χ2n) is 4.51. The number of allylic oxidation sites excluding steroid dienone is 3. The van der Waals surface area contributed by atoms with Crippen LogP contribution in [0, 0.1) is 5.41 Å². The van der Waals surface area contributed by atoms with E-state index in [-0.39, 0.29) is 10.9 Å². The Morgan fingerprint density at radius 2 is 2.06 bits per heavy atom. The SMILES string of the molecule is C=CC(=O)C(CC=CC)(CCCC)CSC(C)=O. The van der Waals surface area contributed by atoms with Crippen molar-refractivity contribution in [3.05, 3.63) is 24.8 Å². The van der Waals surface area contributed by atoms with Gasteiger partial charge in [-0.15, -0.1) is 0 Å². The lowest BCUT2D eigenvalue weighted by Gasteiger charge is -2.29. The summed E-state index contributed by atoms with van der Waals surface area (Å²) >= 11 is 1.24. The molecule has 0 bridgehead atoms. The van der Waals surface area contributed by atoms with Gasteiger partial charge in [0.15, 0.2) is 10.9 Å². The van der Waals surface area contributed by atoms with Gasteiger partial charge >= 0.3 is 0 Å². The van der Waals surface area contributed by atoms with Crippen molar-refractivity contribution < 1.29 is 9.59 Å². The van der Waals surface area contributed by atoms with E-state index in [0.29, 0.717) is 12.2 Å². The molecule has 18 heavy (non-hydrogen) atoms. The van der Waals surface area contributed by atoms with Crippen molar-refractivity contribution in [1.29, 1.82) is 0 Å². The largest absolute Gasteiger partial charge is 0.294 e. The van der Waals surface area contributed by atoms with E-state index < -0.39 is 5.41 Å². The smallest absolute Gasteiger partial charge is 0.185 e. The van der Waals surface area contributed by atoms with Gasteiger partial charge in [-0.1, -0.05) is 50.3 Å². The van der Waals surface area contributed by atoms with Gasteiger partial charge < -0.3 is 0 Å². The number of carbonyl (C=O) groups is 2. The number of ketones is 1. The van der Waals surface area contributed by atoms with Crippen LogP contribution in [-0.2, 0) is 9.59 Å². The number of carbonyl (C=O) groups excluding carboxylic acids is 2. The number of rotatable bonds is 9. The summed E-state index contributed by atoms with van der Waals surface area (Å²) < 4.78 is 0. The van der Waals surface area contributed by atoms with Crippen LogP contribution < -0.4 is 0 Å². The fourth-order valence-corrected chi connectivity index (χ4v) is 2.73. The highest BCUT2D eigenvalue weighted by Crippen LogP contribution is 2.35.